The van der Waals surface area contributed by atoms with Crippen LogP contribution in [0, 0.1) is 0 Å². The highest BCUT2D eigenvalue weighted by Gasteiger charge is 2.31. The second-order valence-electron chi connectivity index (χ2n) is 22.0. The van der Waals surface area contributed by atoms with Gasteiger partial charge in [0.1, 0.15) is 30.8 Å². The summed E-state index contributed by atoms with van der Waals surface area (Å²) in [5.74, 6) is -7.12. The molecule has 79 heavy (non-hydrogen) atoms. The van der Waals surface area contributed by atoms with Crippen molar-refractivity contribution in [3.05, 3.63) is 0 Å². The Balaban J connectivity index is 5.85. The zero-order chi connectivity index (χ0) is 58.4. The van der Waals surface area contributed by atoms with Gasteiger partial charge in [-0.3, -0.25) is 33.6 Å². The van der Waals surface area contributed by atoms with Crippen molar-refractivity contribution in [1.82, 2.24) is 16.0 Å². The van der Waals surface area contributed by atoms with Crippen LogP contribution in [0.2, 0.25) is 0 Å². The third-order valence-corrected chi connectivity index (χ3v) is 15.7. The fourth-order valence-corrected chi connectivity index (χ4v) is 10.5. The van der Waals surface area contributed by atoms with E-state index in [2.05, 4.69) is 36.7 Å². The third kappa shape index (κ3) is 49.6. The molecule has 0 radical (unpaired) electrons. The Kier molecular flexibility index (Phi) is 52.0. The summed E-state index contributed by atoms with van der Waals surface area (Å²) < 4.78 is 11.6. The highest BCUT2D eigenvalue weighted by molar-refractivity contribution is 7.99. The van der Waals surface area contributed by atoms with Crippen molar-refractivity contribution in [2.75, 3.05) is 18.1 Å². The number of amides is 3. The van der Waals surface area contributed by atoms with E-state index in [0.717, 1.165) is 64.2 Å². The molecule has 3 amide bonds. The molecule has 0 spiro atoms. The zero-order valence-corrected chi connectivity index (χ0v) is 50.7. The number of hydrogen-bond acceptors (Lipinski definition) is 11. The summed E-state index contributed by atoms with van der Waals surface area (Å²) in [6.45, 7) is 6.47. The highest BCUT2D eigenvalue weighted by Crippen LogP contribution is 2.18. The van der Waals surface area contributed by atoms with Gasteiger partial charge in [-0.05, 0) is 32.1 Å². The minimum absolute atomic E-state index is 0.0702. The van der Waals surface area contributed by atoms with Crippen molar-refractivity contribution >= 4 is 59.3 Å². The van der Waals surface area contributed by atoms with Crippen LogP contribution in [-0.2, 0) is 47.8 Å². The van der Waals surface area contributed by atoms with Gasteiger partial charge in [0.05, 0.1) is 0 Å². The molecule has 0 aliphatic carbocycles. The number of carboxylic acid groups (broad SMARTS) is 3. The number of thioether (sulfide) groups is 1. The Hall–Kier alpha value is -3.89. The van der Waals surface area contributed by atoms with Crippen molar-refractivity contribution in [3.63, 3.8) is 0 Å². The van der Waals surface area contributed by atoms with Crippen molar-refractivity contribution in [3.8, 4) is 0 Å². The number of hydrogen-bond donors (Lipinski definition) is 6. The number of ether oxygens (including phenoxy) is 2. The van der Waals surface area contributed by atoms with E-state index in [1.54, 1.807) is 0 Å². The number of unbranched alkanes of at least 4 members (excludes halogenated alkanes) is 34. The number of nitrogens with one attached hydrogen (secondary N) is 3. The van der Waals surface area contributed by atoms with Crippen LogP contribution in [0.5, 0.6) is 0 Å². The van der Waals surface area contributed by atoms with E-state index in [0.29, 0.717) is 19.3 Å². The Morgan fingerprint density at radius 1 is 0.367 bits per heavy atom. The molecular weight excluding hydrogens is 1030 g/mol. The first kappa shape index (κ1) is 75.1. The number of rotatable bonds is 59. The zero-order valence-electron chi connectivity index (χ0n) is 49.9. The van der Waals surface area contributed by atoms with E-state index in [4.69, 9.17) is 14.6 Å². The summed E-state index contributed by atoms with van der Waals surface area (Å²) in [6, 6.07) is -4.43. The van der Waals surface area contributed by atoms with Gasteiger partial charge in [-0.15, -0.1) is 0 Å². The smallest absolute Gasteiger partial charge is 0.326 e. The van der Waals surface area contributed by atoms with Crippen molar-refractivity contribution < 1.29 is 63.1 Å². The number of carbonyl (C=O) groups is 8. The Morgan fingerprint density at radius 2 is 0.696 bits per heavy atom. The second-order valence-corrected chi connectivity index (χ2v) is 23.1. The monoisotopic (exact) mass is 1140 g/mol. The maximum Gasteiger partial charge on any atom is 0.326 e. The summed E-state index contributed by atoms with van der Waals surface area (Å²) >= 11 is 1.17. The molecule has 460 valence electrons. The third-order valence-electron chi connectivity index (χ3n) is 14.5. The number of carboxylic acids is 3. The van der Waals surface area contributed by atoms with Crippen LogP contribution >= 0.6 is 11.8 Å². The fourth-order valence-electron chi connectivity index (χ4n) is 9.52. The fraction of sp³-hybridized carbons (Fsp3) is 0.871. The van der Waals surface area contributed by atoms with Crippen LogP contribution in [0.4, 0.5) is 0 Å². The molecule has 16 nitrogen and oxygen atoms in total. The predicted octanol–water partition coefficient (Wildman–Crippen LogP) is 14.1. The molecule has 0 fully saturated rings. The van der Waals surface area contributed by atoms with Gasteiger partial charge in [0.2, 0.25) is 17.7 Å². The van der Waals surface area contributed by atoms with Crippen LogP contribution in [-0.4, -0.2) is 105 Å². The molecule has 6 N–H and O–H groups in total. The molecule has 0 heterocycles. The van der Waals surface area contributed by atoms with Crippen LogP contribution in [0.3, 0.4) is 0 Å². The molecular formula is C62H113N3O13S. The average molecular weight is 1140 g/mol. The summed E-state index contributed by atoms with van der Waals surface area (Å²) in [5.41, 5.74) is 0. The quantitative estimate of drug-likeness (QED) is 0.0245. The van der Waals surface area contributed by atoms with Crippen LogP contribution < -0.4 is 16.0 Å². The summed E-state index contributed by atoms with van der Waals surface area (Å²) in [7, 11) is 0. The Morgan fingerprint density at radius 3 is 1.08 bits per heavy atom. The summed E-state index contributed by atoms with van der Waals surface area (Å²) in [6.07, 6.45) is 40.2. The lowest BCUT2D eigenvalue weighted by atomic mass is 10.0. The van der Waals surface area contributed by atoms with E-state index in [1.165, 1.54) is 166 Å². The molecule has 0 aromatic carbocycles. The minimum Gasteiger partial charge on any atom is -0.481 e. The summed E-state index contributed by atoms with van der Waals surface area (Å²) in [5, 5.41) is 35.8. The van der Waals surface area contributed by atoms with E-state index >= 15 is 0 Å². The topological polar surface area (TPSA) is 252 Å². The first-order valence-corrected chi connectivity index (χ1v) is 32.9. The average Bonchev–Trinajstić information content (AvgIpc) is 3.41. The van der Waals surface area contributed by atoms with Gasteiger partial charge in [-0.2, -0.15) is 11.8 Å². The van der Waals surface area contributed by atoms with Gasteiger partial charge in [0.25, 0.3) is 0 Å². The van der Waals surface area contributed by atoms with Gasteiger partial charge in [-0.1, -0.05) is 239 Å². The maximum absolute atomic E-state index is 14.1. The molecule has 0 saturated heterocycles. The molecule has 0 bridgehead atoms. The molecule has 0 aliphatic rings. The standard InChI is InChI=1S/C62H113N3O13S/c1-4-7-10-13-16-19-22-24-27-30-33-36-39-42-58(71)77-48-51(78-59(72)43-40-37-34-31-28-25-23-20-17-14-11-8-5-2)49-79-50-54(63-55(66)41-38-35-32-29-26-21-18-15-12-9-6-3)61(74)64-52(44-46-56(67)68)60(73)65-53(62(75)76)45-47-57(69)70/h51-54H,4-50H2,1-3H3,(H,63,66)(H,64,74)(H,65,73)(H,67,68)(H,69,70)(H,75,76)/t51-,52-,53+,54?/m1/s1. The molecule has 0 saturated carbocycles. The highest BCUT2D eigenvalue weighted by atomic mass is 32.2. The van der Waals surface area contributed by atoms with Gasteiger partial charge in [0, 0.05) is 43.6 Å². The lowest BCUT2D eigenvalue weighted by Crippen LogP contribution is -2.56. The van der Waals surface area contributed by atoms with Gasteiger partial charge < -0.3 is 40.7 Å². The molecule has 0 rings (SSSR count). The van der Waals surface area contributed by atoms with Gasteiger partial charge >= 0.3 is 29.8 Å². The Bertz CT molecular complexity index is 1590. The van der Waals surface area contributed by atoms with Crippen molar-refractivity contribution in [1.29, 1.82) is 0 Å². The molecule has 4 atom stereocenters. The SMILES string of the molecule is CCCCCCCCCCCCCCCC(=O)OC[C@H](CSCC(NC(=O)CCCCCCCCCCCCC)C(=O)N[C@H](CCC(=O)O)C(=O)N[C@@H](CCC(=O)O)C(=O)O)OC(=O)CCCCCCCCCCCCCCC. The molecule has 0 aromatic heterocycles. The molecule has 17 heteroatoms. The van der Waals surface area contributed by atoms with Crippen molar-refractivity contribution in [2.45, 2.75) is 328 Å². The minimum atomic E-state index is -1.63. The second kappa shape index (κ2) is 54.7. The maximum atomic E-state index is 14.1. The van der Waals surface area contributed by atoms with E-state index in [1.807, 2.05) is 0 Å². The number of esters is 2. The van der Waals surface area contributed by atoms with E-state index in [-0.39, 0.29) is 37.4 Å². The van der Waals surface area contributed by atoms with E-state index < -0.39 is 97.5 Å². The van der Waals surface area contributed by atoms with Crippen molar-refractivity contribution in [2.24, 2.45) is 0 Å². The van der Waals surface area contributed by atoms with Crippen LogP contribution in [0.15, 0.2) is 0 Å². The van der Waals surface area contributed by atoms with Crippen LogP contribution in [0.1, 0.15) is 303 Å². The first-order valence-electron chi connectivity index (χ1n) is 31.7. The predicted molar refractivity (Wildman–Crippen MR) is 317 cm³/mol. The lowest BCUT2D eigenvalue weighted by Gasteiger charge is -2.25. The summed E-state index contributed by atoms with van der Waals surface area (Å²) in [4.78, 5) is 102. The van der Waals surface area contributed by atoms with Gasteiger partial charge in [-0.25, -0.2) is 4.79 Å². The molecule has 1 unspecified atom stereocenters. The largest absolute Gasteiger partial charge is 0.481 e. The molecule has 0 aliphatic heterocycles. The lowest BCUT2D eigenvalue weighted by molar-refractivity contribution is -0.157. The number of aliphatic carboxylic acids is 3. The van der Waals surface area contributed by atoms with Crippen LogP contribution in [0.25, 0.3) is 0 Å². The number of carbonyl (C=O) groups excluding carboxylic acids is 5. The first-order chi connectivity index (χ1) is 38.2. The molecule has 0 aromatic rings. The van der Waals surface area contributed by atoms with E-state index in [9.17, 15) is 48.6 Å². The normalized spacial score (nSPS) is 12.7. The Labute approximate surface area is 482 Å². The van der Waals surface area contributed by atoms with Gasteiger partial charge in [0.15, 0.2) is 0 Å².